The van der Waals surface area contributed by atoms with Crippen LogP contribution in [0.15, 0.2) is 47.4 Å². The summed E-state index contributed by atoms with van der Waals surface area (Å²) >= 11 is 6.64. The molecular formula is C44H50ClF2N11O4. The minimum Gasteiger partial charge on any atom is -0.480 e. The Bertz CT molecular complexity index is 2660. The van der Waals surface area contributed by atoms with E-state index in [9.17, 15) is 14.4 Å². The van der Waals surface area contributed by atoms with Gasteiger partial charge in [-0.1, -0.05) is 11.6 Å². The lowest BCUT2D eigenvalue weighted by atomic mass is 9.92. The highest BCUT2D eigenvalue weighted by Gasteiger charge is 2.51. The van der Waals surface area contributed by atoms with E-state index in [1.54, 1.807) is 19.3 Å². The molecule has 2 aromatic carbocycles. The zero-order chi connectivity index (χ0) is 43.0. The number of halogens is 3. The SMILES string of the molecule is CC1CN(c2ccc3c(C4CCC(=O)NC4=O)nn(C)c3c2)CCN1CC1CCN(c2ncc(Cl)c(Nc3ccc4c(c3)c3c(c(=O)n4C)OCC(F)(F)C(C4CC4)N3)n2)CC1. The van der Waals surface area contributed by atoms with Gasteiger partial charge in [-0.25, -0.2) is 13.8 Å². The minimum atomic E-state index is -3.13. The maximum Gasteiger partial charge on any atom is 0.301 e. The Morgan fingerprint density at radius 3 is 2.52 bits per heavy atom. The number of benzene rings is 2. The fourth-order valence-corrected chi connectivity index (χ4v) is 9.99. The average Bonchev–Trinajstić information content (AvgIpc) is 4.06. The molecule has 2 amide bonds. The monoisotopic (exact) mass is 869 g/mol. The van der Waals surface area contributed by atoms with Crippen molar-refractivity contribution in [3.8, 4) is 5.75 Å². The molecule has 7 heterocycles. The Labute approximate surface area is 361 Å². The van der Waals surface area contributed by atoms with Gasteiger partial charge in [-0.3, -0.25) is 29.3 Å². The Morgan fingerprint density at radius 1 is 0.952 bits per heavy atom. The number of piperazine rings is 1. The van der Waals surface area contributed by atoms with E-state index in [1.807, 2.05) is 23.9 Å². The summed E-state index contributed by atoms with van der Waals surface area (Å²) in [5.41, 5.74) is 3.83. The second kappa shape index (κ2) is 15.7. The van der Waals surface area contributed by atoms with E-state index in [0.717, 1.165) is 74.4 Å². The predicted molar refractivity (Wildman–Crippen MR) is 234 cm³/mol. The standard InChI is InChI=1S/C44H50ClF2N11O4/c1-24-21-58(28-7-8-29-34(19-28)55(3)53-36(29)30-9-11-35(59)50-41(30)60)17-16-57(24)22-25-12-14-56(15-13-25)43-48-20-32(45)40(52-43)49-27-6-10-33-31(18-27)37-38(42(61)54(33)2)62-23-44(46,47)39(51-37)26-4-5-26/h6-8,10,18-20,24-26,30,39,51H,4-5,9,11-17,21-23H2,1-3H3,(H,48,49,52)(H,50,59,60). The van der Waals surface area contributed by atoms with Crippen LogP contribution in [0.3, 0.4) is 0 Å². The fraction of sp³-hybridized carbons (Fsp3) is 0.500. The largest absolute Gasteiger partial charge is 0.480 e. The molecule has 3 saturated heterocycles. The molecule has 1 saturated carbocycles. The van der Waals surface area contributed by atoms with Crippen molar-refractivity contribution in [2.24, 2.45) is 25.9 Å². The van der Waals surface area contributed by atoms with Crippen LogP contribution in [0.4, 0.5) is 37.6 Å². The van der Waals surface area contributed by atoms with Crippen molar-refractivity contribution in [3.63, 3.8) is 0 Å². The zero-order valence-electron chi connectivity index (χ0n) is 35.0. The van der Waals surface area contributed by atoms with Crippen LogP contribution in [-0.4, -0.2) is 105 Å². The maximum atomic E-state index is 15.2. The summed E-state index contributed by atoms with van der Waals surface area (Å²) in [6.07, 6.45) is 5.78. The van der Waals surface area contributed by atoms with Crippen LogP contribution in [0.2, 0.25) is 5.02 Å². The number of hydrogen-bond acceptors (Lipinski definition) is 12. The number of amides is 2. The number of imide groups is 1. The summed E-state index contributed by atoms with van der Waals surface area (Å²) in [4.78, 5) is 54.3. The van der Waals surface area contributed by atoms with Gasteiger partial charge in [-0.2, -0.15) is 10.1 Å². The number of carbonyl (C=O) groups is 2. The van der Waals surface area contributed by atoms with Gasteiger partial charge in [0.15, 0.2) is 12.4 Å². The molecule has 0 radical (unpaired) electrons. The third kappa shape index (κ3) is 7.46. The first-order chi connectivity index (χ1) is 29.8. The lowest BCUT2D eigenvalue weighted by Crippen LogP contribution is -2.53. The summed E-state index contributed by atoms with van der Waals surface area (Å²) in [7, 11) is 3.51. The van der Waals surface area contributed by atoms with Gasteiger partial charge in [0.2, 0.25) is 23.5 Å². The molecule has 5 aliphatic rings. The van der Waals surface area contributed by atoms with Crippen molar-refractivity contribution in [1.82, 2.24) is 34.5 Å². The number of rotatable bonds is 8. The number of anilines is 5. The number of ether oxygens (including phenoxy) is 1. The minimum absolute atomic E-state index is 0.106. The molecule has 18 heteroatoms. The second-order valence-electron chi connectivity index (χ2n) is 17.7. The van der Waals surface area contributed by atoms with Crippen LogP contribution < -0.4 is 36.0 Å². The molecule has 4 fully saturated rings. The van der Waals surface area contributed by atoms with E-state index in [2.05, 4.69) is 60.8 Å². The molecule has 5 aromatic rings. The number of nitrogens with one attached hydrogen (secondary N) is 3. The van der Waals surface area contributed by atoms with Gasteiger partial charge in [0.1, 0.15) is 5.02 Å². The van der Waals surface area contributed by atoms with Crippen molar-refractivity contribution in [3.05, 3.63) is 63.7 Å². The van der Waals surface area contributed by atoms with E-state index < -0.39 is 30.0 Å². The van der Waals surface area contributed by atoms with Crippen LogP contribution >= 0.6 is 11.6 Å². The topological polar surface area (TPSA) is 155 Å². The predicted octanol–water partition coefficient (Wildman–Crippen LogP) is 5.78. The Kier molecular flexibility index (Phi) is 10.2. The maximum absolute atomic E-state index is 15.2. The van der Waals surface area contributed by atoms with Crippen LogP contribution in [0.5, 0.6) is 5.75 Å². The molecule has 326 valence electrons. The Balaban J connectivity index is 0.774. The van der Waals surface area contributed by atoms with Gasteiger partial charge in [0.05, 0.1) is 40.6 Å². The quantitative estimate of drug-likeness (QED) is 0.162. The summed E-state index contributed by atoms with van der Waals surface area (Å²) in [5, 5.41) is 15.4. The molecule has 3 atom stereocenters. The van der Waals surface area contributed by atoms with E-state index >= 15 is 8.78 Å². The number of aryl methyl sites for hydroxylation is 2. The summed E-state index contributed by atoms with van der Waals surface area (Å²) in [5.74, 6) is -2.83. The smallest absolute Gasteiger partial charge is 0.301 e. The number of aromatic nitrogens is 5. The first-order valence-electron chi connectivity index (χ1n) is 21.6. The van der Waals surface area contributed by atoms with Gasteiger partial charge in [0.25, 0.3) is 5.56 Å². The van der Waals surface area contributed by atoms with E-state index in [0.29, 0.717) is 71.0 Å². The molecule has 10 rings (SSSR count). The van der Waals surface area contributed by atoms with E-state index in [4.69, 9.17) is 26.4 Å². The lowest BCUT2D eigenvalue weighted by molar-refractivity contribution is -0.134. The number of carbonyl (C=O) groups excluding carboxylic acids is 2. The van der Waals surface area contributed by atoms with Crippen LogP contribution in [0.25, 0.3) is 21.8 Å². The number of fused-ring (bicyclic) bond motifs is 4. The molecule has 0 bridgehead atoms. The molecule has 4 aliphatic heterocycles. The van der Waals surface area contributed by atoms with Gasteiger partial charge in [-0.15, -0.1) is 0 Å². The molecular weight excluding hydrogens is 820 g/mol. The number of piperidine rings is 2. The average molecular weight is 870 g/mol. The normalized spacial score (nSPS) is 23.5. The second-order valence-corrected chi connectivity index (χ2v) is 18.1. The van der Waals surface area contributed by atoms with E-state index in [1.165, 1.54) is 4.57 Å². The Hall–Kier alpha value is -5.55. The third-order valence-corrected chi connectivity index (χ3v) is 13.8. The number of hydrogen-bond donors (Lipinski definition) is 3. The molecule has 3 aromatic heterocycles. The molecule has 15 nitrogen and oxygen atoms in total. The van der Waals surface area contributed by atoms with Crippen molar-refractivity contribution in [2.75, 3.05) is 66.3 Å². The zero-order valence-corrected chi connectivity index (χ0v) is 35.7. The fourth-order valence-electron chi connectivity index (χ4n) is 9.85. The molecule has 62 heavy (non-hydrogen) atoms. The molecule has 3 unspecified atom stereocenters. The van der Waals surface area contributed by atoms with Gasteiger partial charge < -0.3 is 29.7 Å². The number of nitrogens with zero attached hydrogens (tertiary/aromatic N) is 8. The highest BCUT2D eigenvalue weighted by Crippen LogP contribution is 2.46. The summed E-state index contributed by atoms with van der Waals surface area (Å²) in [6, 6.07) is 11.0. The molecule has 0 spiro atoms. The van der Waals surface area contributed by atoms with Gasteiger partial charge >= 0.3 is 5.92 Å². The molecule has 1 aliphatic carbocycles. The van der Waals surface area contributed by atoms with Crippen LogP contribution in [-0.2, 0) is 23.7 Å². The lowest BCUT2D eigenvalue weighted by Gasteiger charge is -2.43. The van der Waals surface area contributed by atoms with Crippen molar-refractivity contribution in [1.29, 1.82) is 0 Å². The molecule has 3 N–H and O–H groups in total. The number of pyridine rings is 1. The third-order valence-electron chi connectivity index (χ3n) is 13.6. The van der Waals surface area contributed by atoms with Gasteiger partial charge in [0, 0.05) is 88.0 Å². The summed E-state index contributed by atoms with van der Waals surface area (Å²) < 4.78 is 39.1. The van der Waals surface area contributed by atoms with Gasteiger partial charge in [-0.05, 0) is 87.3 Å². The van der Waals surface area contributed by atoms with E-state index in [-0.39, 0.29) is 29.2 Å². The highest BCUT2D eigenvalue weighted by atomic mass is 35.5. The van der Waals surface area contributed by atoms with Crippen molar-refractivity contribution in [2.45, 2.75) is 69.4 Å². The van der Waals surface area contributed by atoms with Crippen molar-refractivity contribution >= 4 is 74.0 Å². The van der Waals surface area contributed by atoms with Crippen LogP contribution in [0.1, 0.15) is 57.1 Å². The number of alkyl halides is 2. The summed E-state index contributed by atoms with van der Waals surface area (Å²) in [6.45, 7) is 6.82. The first-order valence-corrected chi connectivity index (χ1v) is 22.0. The highest BCUT2D eigenvalue weighted by molar-refractivity contribution is 6.33. The van der Waals surface area contributed by atoms with Crippen LogP contribution in [0, 0.1) is 11.8 Å². The Morgan fingerprint density at radius 2 is 1.76 bits per heavy atom. The van der Waals surface area contributed by atoms with Crippen molar-refractivity contribution < 1.29 is 23.1 Å². The first kappa shape index (κ1) is 40.5.